The summed E-state index contributed by atoms with van der Waals surface area (Å²) in [6.07, 6.45) is 1.60. The second-order valence-electron chi connectivity index (χ2n) is 6.55. The van der Waals surface area contributed by atoms with E-state index in [0.717, 1.165) is 0 Å². The summed E-state index contributed by atoms with van der Waals surface area (Å²) in [6.45, 7) is 0.716. The number of rotatable bonds is 7. The van der Waals surface area contributed by atoms with Gasteiger partial charge in [0.1, 0.15) is 22.4 Å². The molecule has 0 aliphatic carbocycles. The highest BCUT2D eigenvalue weighted by atomic mass is 32.2. The molecule has 3 rings (SSSR count). The van der Waals surface area contributed by atoms with Gasteiger partial charge >= 0.3 is 11.9 Å². The van der Waals surface area contributed by atoms with E-state index in [-0.39, 0.29) is 25.3 Å². The molecule has 0 aromatic carbocycles. The number of thiazole rings is 1. The summed E-state index contributed by atoms with van der Waals surface area (Å²) in [5.74, 6) is -2.61. The summed E-state index contributed by atoms with van der Waals surface area (Å²) < 4.78 is 10.3. The topological polar surface area (TPSA) is 135 Å². The molecule has 3 atom stereocenters. The van der Waals surface area contributed by atoms with Crippen LogP contribution >= 0.6 is 23.1 Å². The largest absolute Gasteiger partial charge is 0.481 e. The van der Waals surface area contributed by atoms with E-state index >= 15 is 0 Å². The SMILES string of the molecule is COC1(NC(=O)Cc2nccs2)C(=O)N2CC(COC(C)=O)(C(=O)O)CS[C@@H]21. The van der Waals surface area contributed by atoms with Gasteiger partial charge in [0.05, 0.1) is 6.42 Å². The molecule has 0 bridgehead atoms. The van der Waals surface area contributed by atoms with Gasteiger partial charge in [-0.1, -0.05) is 0 Å². The number of carbonyl (C=O) groups excluding carboxylic acids is 3. The number of aliphatic carboxylic acids is 1. The molecule has 3 heterocycles. The highest BCUT2D eigenvalue weighted by Gasteiger charge is 2.67. The zero-order chi connectivity index (χ0) is 20.5. The lowest BCUT2D eigenvalue weighted by molar-refractivity contribution is -0.202. The number of thioether (sulfide) groups is 1. The van der Waals surface area contributed by atoms with Crippen molar-refractivity contribution in [3.8, 4) is 0 Å². The number of amides is 2. The third-order valence-electron chi connectivity index (χ3n) is 4.65. The van der Waals surface area contributed by atoms with Gasteiger partial charge in [-0.15, -0.1) is 23.1 Å². The van der Waals surface area contributed by atoms with Crippen LogP contribution in [0.3, 0.4) is 0 Å². The van der Waals surface area contributed by atoms with Crippen LogP contribution in [-0.4, -0.2) is 75.9 Å². The van der Waals surface area contributed by atoms with Crippen molar-refractivity contribution in [2.45, 2.75) is 24.4 Å². The molecule has 152 valence electrons. The first-order chi connectivity index (χ1) is 13.2. The molecule has 12 heteroatoms. The number of hydrogen-bond acceptors (Lipinski definition) is 9. The van der Waals surface area contributed by atoms with Gasteiger partial charge in [0.25, 0.3) is 11.6 Å². The molecule has 1 aromatic heterocycles. The normalized spacial score (nSPS) is 28.9. The number of β-lactam (4-membered cyclic amide) rings is 1. The summed E-state index contributed by atoms with van der Waals surface area (Å²) in [5.41, 5.74) is -2.96. The second-order valence-corrected chi connectivity index (χ2v) is 8.60. The molecule has 2 fully saturated rings. The van der Waals surface area contributed by atoms with Crippen molar-refractivity contribution in [3.05, 3.63) is 16.6 Å². The number of hydrogen-bond donors (Lipinski definition) is 2. The molecule has 2 N–H and O–H groups in total. The monoisotopic (exact) mass is 429 g/mol. The Morgan fingerprint density at radius 1 is 1.46 bits per heavy atom. The Kier molecular flexibility index (Phi) is 5.64. The van der Waals surface area contributed by atoms with Crippen LogP contribution in [0.2, 0.25) is 0 Å². The number of nitrogens with zero attached hydrogens (tertiary/aromatic N) is 2. The van der Waals surface area contributed by atoms with Crippen molar-refractivity contribution in [1.82, 2.24) is 15.2 Å². The molecule has 10 nitrogen and oxygen atoms in total. The van der Waals surface area contributed by atoms with Crippen LogP contribution in [0.25, 0.3) is 0 Å². The van der Waals surface area contributed by atoms with E-state index in [4.69, 9.17) is 9.47 Å². The van der Waals surface area contributed by atoms with E-state index in [9.17, 15) is 24.3 Å². The predicted molar refractivity (Wildman–Crippen MR) is 98.4 cm³/mol. The summed E-state index contributed by atoms with van der Waals surface area (Å²) in [5, 5.41) is 14.1. The molecule has 28 heavy (non-hydrogen) atoms. The number of carbonyl (C=O) groups is 4. The Bertz CT molecular complexity index is 802. The molecule has 2 unspecified atom stereocenters. The third kappa shape index (κ3) is 3.47. The minimum absolute atomic E-state index is 0.0129. The number of methoxy groups -OCH3 is 1. The van der Waals surface area contributed by atoms with E-state index in [2.05, 4.69) is 10.3 Å². The van der Waals surface area contributed by atoms with Crippen LogP contribution in [0, 0.1) is 5.41 Å². The van der Waals surface area contributed by atoms with E-state index in [1.165, 1.54) is 42.0 Å². The smallest absolute Gasteiger partial charge is 0.315 e. The van der Waals surface area contributed by atoms with Gasteiger partial charge in [-0.3, -0.25) is 19.2 Å². The van der Waals surface area contributed by atoms with Crippen LogP contribution in [-0.2, 0) is 35.1 Å². The molecular weight excluding hydrogens is 410 g/mol. The molecule has 0 radical (unpaired) electrons. The molecule has 2 amide bonds. The van der Waals surface area contributed by atoms with Crippen molar-refractivity contribution >= 4 is 46.9 Å². The van der Waals surface area contributed by atoms with Crippen LogP contribution in [0.4, 0.5) is 0 Å². The van der Waals surface area contributed by atoms with E-state index < -0.39 is 40.3 Å². The molecule has 0 spiro atoms. The van der Waals surface area contributed by atoms with Gasteiger partial charge in [0.2, 0.25) is 5.91 Å². The number of fused-ring (bicyclic) bond motifs is 1. The van der Waals surface area contributed by atoms with Gasteiger partial charge in [-0.05, 0) is 0 Å². The number of carboxylic acid groups (broad SMARTS) is 1. The predicted octanol–water partition coefficient (Wildman–Crippen LogP) is -0.306. The highest BCUT2D eigenvalue weighted by Crippen LogP contribution is 2.47. The quantitative estimate of drug-likeness (QED) is 0.340. The van der Waals surface area contributed by atoms with Crippen LogP contribution in [0.15, 0.2) is 11.6 Å². The maximum Gasteiger partial charge on any atom is 0.315 e. The Morgan fingerprint density at radius 3 is 2.79 bits per heavy atom. The standard InChI is InChI=1S/C16H19N3O7S2/c1-9(20)26-7-15(14(23)24)6-19-12(22)16(25-2,13(19)28-8-15)18-10(21)5-11-17-3-4-27-11/h3-4,13H,5-8H2,1-2H3,(H,18,21)(H,23,24)/t13-,15?,16?/m1/s1. The minimum Gasteiger partial charge on any atom is -0.481 e. The van der Waals surface area contributed by atoms with Gasteiger partial charge in [0.15, 0.2) is 0 Å². The Labute approximate surface area is 168 Å². The lowest BCUT2D eigenvalue weighted by atomic mass is 9.87. The third-order valence-corrected chi connectivity index (χ3v) is 7.05. The first kappa shape index (κ1) is 20.6. The summed E-state index contributed by atoms with van der Waals surface area (Å²) >= 11 is 2.49. The lowest BCUT2D eigenvalue weighted by Gasteiger charge is -2.58. The summed E-state index contributed by atoms with van der Waals surface area (Å²) in [7, 11) is 1.32. The maximum atomic E-state index is 12.8. The fourth-order valence-electron chi connectivity index (χ4n) is 3.15. The van der Waals surface area contributed by atoms with E-state index in [1.54, 1.807) is 11.6 Å². The second kappa shape index (κ2) is 7.68. The number of esters is 1. The van der Waals surface area contributed by atoms with Crippen molar-refractivity contribution in [2.24, 2.45) is 5.41 Å². The van der Waals surface area contributed by atoms with Gasteiger partial charge in [-0.2, -0.15) is 0 Å². The number of ether oxygens (including phenoxy) is 2. The zero-order valence-corrected chi connectivity index (χ0v) is 16.8. The highest BCUT2D eigenvalue weighted by molar-refractivity contribution is 8.00. The lowest BCUT2D eigenvalue weighted by Crippen LogP contribution is -2.82. The van der Waals surface area contributed by atoms with Crippen LogP contribution in [0.1, 0.15) is 11.9 Å². The van der Waals surface area contributed by atoms with Gasteiger partial charge < -0.3 is 24.8 Å². The molecule has 2 saturated heterocycles. The molecular formula is C16H19N3O7S2. The van der Waals surface area contributed by atoms with Crippen molar-refractivity contribution in [3.63, 3.8) is 0 Å². The number of carboxylic acids is 1. The first-order valence-corrected chi connectivity index (χ1v) is 10.2. The molecule has 2 aliphatic rings. The summed E-state index contributed by atoms with van der Waals surface area (Å²) in [6, 6.07) is 0. The maximum absolute atomic E-state index is 12.8. The van der Waals surface area contributed by atoms with Gasteiger partial charge in [-0.25, -0.2) is 4.98 Å². The Hall–Kier alpha value is -2.18. The van der Waals surface area contributed by atoms with Crippen LogP contribution < -0.4 is 5.32 Å². The molecule has 2 aliphatic heterocycles. The molecule has 0 saturated carbocycles. The van der Waals surface area contributed by atoms with Crippen molar-refractivity contribution in [2.75, 3.05) is 26.0 Å². The van der Waals surface area contributed by atoms with Crippen molar-refractivity contribution < 1.29 is 33.8 Å². The Balaban J connectivity index is 1.72. The van der Waals surface area contributed by atoms with Gasteiger partial charge in [0, 0.05) is 37.9 Å². The fraction of sp³-hybridized carbons (Fsp3) is 0.562. The van der Waals surface area contributed by atoms with E-state index in [0.29, 0.717) is 5.01 Å². The Morgan fingerprint density at radius 2 is 2.21 bits per heavy atom. The van der Waals surface area contributed by atoms with E-state index in [1.807, 2.05) is 0 Å². The molecule has 1 aromatic rings. The first-order valence-electron chi connectivity index (χ1n) is 8.28. The average molecular weight is 429 g/mol. The fourth-order valence-corrected chi connectivity index (χ4v) is 5.38. The number of nitrogens with one attached hydrogen (secondary N) is 1. The average Bonchev–Trinajstić information content (AvgIpc) is 3.16. The summed E-state index contributed by atoms with van der Waals surface area (Å²) in [4.78, 5) is 53.4. The number of aromatic nitrogens is 1. The minimum atomic E-state index is -1.55. The zero-order valence-electron chi connectivity index (χ0n) is 15.2. The van der Waals surface area contributed by atoms with Crippen LogP contribution in [0.5, 0.6) is 0 Å². The van der Waals surface area contributed by atoms with Crippen molar-refractivity contribution in [1.29, 1.82) is 0 Å².